The number of benzene rings is 3. The first-order chi connectivity index (χ1) is 18.8. The van der Waals surface area contributed by atoms with Crippen LogP contribution in [0.1, 0.15) is 19.5 Å². The molecule has 1 aliphatic rings. The Bertz CT molecular complexity index is 1530. The third-order valence-corrected chi connectivity index (χ3v) is 7.41. The van der Waals surface area contributed by atoms with Gasteiger partial charge in [0.15, 0.2) is 0 Å². The maximum atomic E-state index is 13.9. The SMILES string of the molecule is CC(C)N(C(=O)CN1C=CN(c2ccccc2)C(=O)C(Cc2[nH]nc3ccccc23)C1=O)c1ccc(I)cc1. The van der Waals surface area contributed by atoms with Crippen molar-refractivity contribution in [3.05, 3.63) is 101 Å². The van der Waals surface area contributed by atoms with Gasteiger partial charge in [-0.15, -0.1) is 0 Å². The van der Waals surface area contributed by atoms with Crippen LogP contribution in [0, 0.1) is 9.49 Å². The molecule has 8 nitrogen and oxygen atoms in total. The molecule has 5 rings (SSSR count). The fraction of sp³-hybridized carbons (Fsp3) is 0.200. The van der Waals surface area contributed by atoms with Gasteiger partial charge >= 0.3 is 0 Å². The molecule has 198 valence electrons. The molecule has 0 saturated carbocycles. The summed E-state index contributed by atoms with van der Waals surface area (Å²) in [6.07, 6.45) is 3.22. The number of nitrogens with zero attached hydrogens (tertiary/aromatic N) is 4. The third kappa shape index (κ3) is 5.58. The average molecular weight is 633 g/mol. The lowest BCUT2D eigenvalue weighted by atomic mass is 9.98. The largest absolute Gasteiger partial charge is 0.308 e. The molecule has 0 saturated heterocycles. The molecule has 1 aliphatic heterocycles. The van der Waals surface area contributed by atoms with E-state index in [1.807, 2.05) is 92.7 Å². The number of rotatable bonds is 7. The van der Waals surface area contributed by atoms with Crippen molar-refractivity contribution in [2.45, 2.75) is 26.3 Å². The first-order valence-corrected chi connectivity index (χ1v) is 13.8. The molecule has 0 radical (unpaired) electrons. The minimum absolute atomic E-state index is 0.124. The van der Waals surface area contributed by atoms with Crippen LogP contribution in [0.2, 0.25) is 0 Å². The van der Waals surface area contributed by atoms with Gasteiger partial charge in [0.25, 0.3) is 0 Å². The fourth-order valence-corrected chi connectivity index (χ4v) is 5.16. The van der Waals surface area contributed by atoms with Crippen molar-refractivity contribution in [3.63, 3.8) is 0 Å². The van der Waals surface area contributed by atoms with Gasteiger partial charge in [0.05, 0.1) is 5.52 Å². The monoisotopic (exact) mass is 633 g/mol. The summed E-state index contributed by atoms with van der Waals surface area (Å²) in [4.78, 5) is 45.9. The number of halogens is 1. The Morgan fingerprint density at radius 1 is 0.949 bits per heavy atom. The molecule has 2 heterocycles. The molecular formula is C30H28IN5O3. The predicted molar refractivity (Wildman–Crippen MR) is 160 cm³/mol. The van der Waals surface area contributed by atoms with E-state index in [0.29, 0.717) is 11.4 Å². The molecule has 0 aliphatic carbocycles. The lowest BCUT2D eigenvalue weighted by molar-refractivity contribution is -0.140. The van der Waals surface area contributed by atoms with Gasteiger partial charge in [-0.25, -0.2) is 0 Å². The first kappa shape index (κ1) is 26.6. The Balaban J connectivity index is 1.48. The number of carbonyl (C=O) groups excluding carboxylic acids is 3. The summed E-state index contributed by atoms with van der Waals surface area (Å²) in [5.41, 5.74) is 2.85. The zero-order valence-electron chi connectivity index (χ0n) is 21.6. The van der Waals surface area contributed by atoms with Gasteiger partial charge in [0.2, 0.25) is 17.7 Å². The molecule has 39 heavy (non-hydrogen) atoms. The second-order valence-electron chi connectivity index (χ2n) is 9.62. The second-order valence-corrected chi connectivity index (χ2v) is 10.9. The molecule has 1 unspecified atom stereocenters. The smallest absolute Gasteiger partial charge is 0.247 e. The van der Waals surface area contributed by atoms with E-state index in [4.69, 9.17) is 0 Å². The molecule has 1 N–H and O–H groups in total. The van der Waals surface area contributed by atoms with Gasteiger partial charge < -0.3 is 9.80 Å². The highest BCUT2D eigenvalue weighted by Gasteiger charge is 2.38. The molecule has 3 aromatic carbocycles. The normalized spacial score (nSPS) is 15.7. The number of H-pyrrole nitrogens is 1. The van der Waals surface area contributed by atoms with E-state index in [1.165, 1.54) is 16.0 Å². The lowest BCUT2D eigenvalue weighted by Crippen LogP contribution is -2.46. The van der Waals surface area contributed by atoms with E-state index in [1.54, 1.807) is 11.1 Å². The molecule has 1 atom stereocenters. The van der Waals surface area contributed by atoms with Gasteiger partial charge in [0, 0.05) is 50.9 Å². The van der Waals surface area contributed by atoms with Crippen LogP contribution in [-0.2, 0) is 20.8 Å². The Kier molecular flexibility index (Phi) is 7.78. The van der Waals surface area contributed by atoms with Crippen molar-refractivity contribution in [2.24, 2.45) is 5.92 Å². The van der Waals surface area contributed by atoms with E-state index in [0.717, 1.165) is 20.2 Å². The summed E-state index contributed by atoms with van der Waals surface area (Å²) in [6, 6.07) is 24.3. The maximum absolute atomic E-state index is 13.9. The summed E-state index contributed by atoms with van der Waals surface area (Å²) in [5, 5.41) is 8.19. The number of hydrogen-bond donors (Lipinski definition) is 1. The van der Waals surface area contributed by atoms with Gasteiger partial charge in [-0.05, 0) is 78.9 Å². The summed E-state index contributed by atoms with van der Waals surface area (Å²) < 4.78 is 1.06. The molecule has 4 aromatic rings. The van der Waals surface area contributed by atoms with Crippen molar-refractivity contribution in [1.29, 1.82) is 0 Å². The van der Waals surface area contributed by atoms with E-state index in [9.17, 15) is 14.4 Å². The van der Waals surface area contributed by atoms with Crippen LogP contribution >= 0.6 is 22.6 Å². The van der Waals surface area contributed by atoms with Crippen LogP contribution in [-0.4, -0.2) is 45.4 Å². The predicted octanol–water partition coefficient (Wildman–Crippen LogP) is 5.11. The average Bonchev–Trinajstić information content (AvgIpc) is 3.30. The zero-order valence-corrected chi connectivity index (χ0v) is 23.8. The van der Waals surface area contributed by atoms with Crippen LogP contribution < -0.4 is 9.80 Å². The first-order valence-electron chi connectivity index (χ1n) is 12.7. The molecule has 0 fully saturated rings. The molecule has 9 heteroatoms. The van der Waals surface area contributed by atoms with Crippen molar-refractivity contribution in [1.82, 2.24) is 15.1 Å². The van der Waals surface area contributed by atoms with Gasteiger partial charge in [-0.3, -0.25) is 24.4 Å². The number of aromatic amines is 1. The highest BCUT2D eigenvalue weighted by atomic mass is 127. The van der Waals surface area contributed by atoms with Gasteiger partial charge in [0.1, 0.15) is 12.5 Å². The Morgan fingerprint density at radius 2 is 1.64 bits per heavy atom. The van der Waals surface area contributed by atoms with Crippen LogP contribution in [0.15, 0.2) is 91.3 Å². The van der Waals surface area contributed by atoms with Gasteiger partial charge in [-0.2, -0.15) is 5.10 Å². The van der Waals surface area contributed by atoms with Gasteiger partial charge in [-0.1, -0.05) is 36.4 Å². The standard InChI is InChI=1S/C30H28IN5O3/c1-20(2)36(23-14-12-21(31)13-15-23)28(37)19-34-16-17-35(22-8-4-3-5-9-22)30(39)25(29(34)38)18-27-24-10-6-7-11-26(24)32-33-27/h3-17,20,25H,18-19H2,1-2H3,(H,32,33). The van der Waals surface area contributed by atoms with Crippen molar-refractivity contribution < 1.29 is 14.4 Å². The van der Waals surface area contributed by atoms with Crippen LogP contribution in [0.25, 0.3) is 10.9 Å². The number of hydrogen-bond acceptors (Lipinski definition) is 4. The number of amides is 3. The molecule has 3 amide bonds. The van der Waals surface area contributed by atoms with Crippen molar-refractivity contribution in [3.8, 4) is 0 Å². The zero-order chi connectivity index (χ0) is 27.5. The molecule has 0 bridgehead atoms. The topological polar surface area (TPSA) is 89.6 Å². The number of anilines is 2. The highest BCUT2D eigenvalue weighted by Crippen LogP contribution is 2.27. The molecular weight excluding hydrogens is 605 g/mol. The third-order valence-electron chi connectivity index (χ3n) is 6.69. The number of fused-ring (bicyclic) bond motifs is 1. The minimum Gasteiger partial charge on any atom is -0.308 e. The Labute approximate surface area is 240 Å². The maximum Gasteiger partial charge on any atom is 0.247 e. The van der Waals surface area contributed by atoms with Crippen LogP contribution in [0.3, 0.4) is 0 Å². The molecule has 1 aromatic heterocycles. The molecule has 0 spiro atoms. The number of para-hydroxylation sites is 2. The number of nitrogens with one attached hydrogen (secondary N) is 1. The minimum atomic E-state index is -1.05. The highest BCUT2D eigenvalue weighted by molar-refractivity contribution is 14.1. The van der Waals surface area contributed by atoms with Crippen molar-refractivity contribution in [2.75, 3.05) is 16.3 Å². The van der Waals surface area contributed by atoms with E-state index in [-0.39, 0.29) is 30.8 Å². The lowest BCUT2D eigenvalue weighted by Gasteiger charge is -2.29. The van der Waals surface area contributed by atoms with E-state index < -0.39 is 11.8 Å². The van der Waals surface area contributed by atoms with Crippen LogP contribution in [0.4, 0.5) is 11.4 Å². The quantitative estimate of drug-likeness (QED) is 0.226. The van der Waals surface area contributed by atoms with E-state index >= 15 is 0 Å². The Hall–Kier alpha value is -3.99. The van der Waals surface area contributed by atoms with Crippen LogP contribution in [0.5, 0.6) is 0 Å². The summed E-state index contributed by atoms with van der Waals surface area (Å²) in [7, 11) is 0. The summed E-state index contributed by atoms with van der Waals surface area (Å²) in [5.74, 6) is -2.10. The second kappa shape index (κ2) is 11.4. The number of aromatic nitrogens is 2. The summed E-state index contributed by atoms with van der Waals surface area (Å²) >= 11 is 2.22. The van der Waals surface area contributed by atoms with E-state index in [2.05, 4.69) is 32.8 Å². The van der Waals surface area contributed by atoms with Crippen molar-refractivity contribution >= 4 is 62.6 Å². The Morgan fingerprint density at radius 3 is 2.36 bits per heavy atom. The fourth-order valence-electron chi connectivity index (χ4n) is 4.80. The number of carbonyl (C=O) groups is 3. The summed E-state index contributed by atoms with van der Waals surface area (Å²) in [6.45, 7) is 3.67.